The first-order valence-corrected chi connectivity index (χ1v) is 13.0. The van der Waals surface area contributed by atoms with Crippen molar-refractivity contribution in [1.82, 2.24) is 0 Å². The molecule has 32 heavy (non-hydrogen) atoms. The van der Waals surface area contributed by atoms with E-state index in [1.54, 1.807) is 12.1 Å². The van der Waals surface area contributed by atoms with Crippen molar-refractivity contribution in [2.75, 3.05) is 0 Å². The van der Waals surface area contributed by atoms with Crippen molar-refractivity contribution < 1.29 is 38.9 Å². The van der Waals surface area contributed by atoms with E-state index in [0.717, 1.165) is 22.9 Å². The van der Waals surface area contributed by atoms with E-state index in [9.17, 15) is 25.3 Å². The summed E-state index contributed by atoms with van der Waals surface area (Å²) < 4.78 is 93.2. The van der Waals surface area contributed by atoms with E-state index in [2.05, 4.69) is 0 Å². The Balaban J connectivity index is 0.000000186. The normalized spacial score (nSPS) is 12.3. The van der Waals surface area contributed by atoms with E-state index >= 15 is 0 Å². The van der Waals surface area contributed by atoms with Gasteiger partial charge in [0.15, 0.2) is 0 Å². The maximum Gasteiger partial charge on any atom is 0.295 e. The minimum atomic E-state index is -4.47. The maximum absolute atomic E-state index is 11.2. The molecule has 4 aromatic carbocycles. The summed E-state index contributed by atoms with van der Waals surface area (Å²) in [6.45, 7) is 0. The fourth-order valence-electron chi connectivity index (χ4n) is 3.03. The Labute approximate surface area is 184 Å². The minimum absolute atomic E-state index is 0.0233. The molecule has 0 aliphatic heterocycles. The molecule has 4 aromatic rings. The minimum Gasteiger partial charge on any atom is -0.282 e. The smallest absolute Gasteiger partial charge is 0.282 e. The fourth-order valence-corrected chi connectivity index (χ4v) is 4.96. The Bertz CT molecular complexity index is 1570. The van der Waals surface area contributed by atoms with Crippen molar-refractivity contribution in [3.63, 3.8) is 0 Å². The largest absolute Gasteiger partial charge is 0.295 e. The van der Waals surface area contributed by atoms with E-state index in [0.29, 0.717) is 0 Å². The second-order valence-corrected chi connectivity index (χ2v) is 10.7. The van der Waals surface area contributed by atoms with Crippen LogP contribution in [0.3, 0.4) is 0 Å². The van der Waals surface area contributed by atoms with Crippen molar-refractivity contribution in [1.29, 1.82) is 0 Å². The summed E-state index contributed by atoms with van der Waals surface area (Å²) in [5, 5.41) is 1.78. The van der Waals surface area contributed by atoms with Crippen molar-refractivity contribution in [3.8, 4) is 0 Å². The van der Waals surface area contributed by atoms with Gasteiger partial charge in [0, 0.05) is 10.8 Å². The fraction of sp³-hybridized carbons (Fsp3) is 0. The Hall–Kier alpha value is -2.87. The lowest BCUT2D eigenvalue weighted by Gasteiger charge is -2.06. The van der Waals surface area contributed by atoms with Crippen LogP contribution in [0.5, 0.6) is 0 Å². The molecule has 0 radical (unpaired) electrons. The third-order valence-corrected chi connectivity index (χ3v) is 7.09. The molecule has 0 saturated carbocycles. The molecule has 0 atom stereocenters. The van der Waals surface area contributed by atoms with E-state index in [1.807, 2.05) is 18.2 Å². The molecule has 0 heterocycles. The topological polar surface area (TPSA) is 163 Å². The number of rotatable bonds is 3. The van der Waals surface area contributed by atoms with Gasteiger partial charge in [-0.25, -0.2) is 0 Å². The summed E-state index contributed by atoms with van der Waals surface area (Å²) in [6, 6.07) is 19.4. The van der Waals surface area contributed by atoms with Gasteiger partial charge in [0.05, 0.1) is 4.90 Å². The molecule has 4 rings (SSSR count). The second kappa shape index (κ2) is 8.58. The first-order chi connectivity index (χ1) is 14.8. The van der Waals surface area contributed by atoms with Gasteiger partial charge in [-0.15, -0.1) is 0 Å². The van der Waals surface area contributed by atoms with Crippen LogP contribution in [-0.2, 0) is 30.4 Å². The van der Waals surface area contributed by atoms with E-state index < -0.39 is 40.1 Å². The molecule has 0 spiro atoms. The zero-order chi connectivity index (χ0) is 23.7. The third-order valence-electron chi connectivity index (χ3n) is 4.42. The molecule has 0 aliphatic rings. The maximum atomic E-state index is 11.2. The number of benzene rings is 4. The van der Waals surface area contributed by atoms with Gasteiger partial charge in [-0.05, 0) is 35.0 Å². The molecule has 9 nitrogen and oxygen atoms in total. The van der Waals surface area contributed by atoms with Gasteiger partial charge < -0.3 is 0 Å². The predicted octanol–water partition coefficient (Wildman–Crippen LogP) is 3.42. The quantitative estimate of drug-likeness (QED) is 0.361. The van der Waals surface area contributed by atoms with Crippen LogP contribution in [0.4, 0.5) is 0 Å². The highest BCUT2D eigenvalue weighted by atomic mass is 32.2. The molecular formula is C20H16O9S3. The summed E-state index contributed by atoms with van der Waals surface area (Å²) in [5.41, 5.74) is 0. The summed E-state index contributed by atoms with van der Waals surface area (Å²) in [5.74, 6) is 0. The predicted molar refractivity (Wildman–Crippen MR) is 117 cm³/mol. The zero-order valence-corrected chi connectivity index (χ0v) is 18.5. The molecular weight excluding hydrogens is 480 g/mol. The van der Waals surface area contributed by atoms with Crippen LogP contribution in [0.2, 0.25) is 0 Å². The Kier molecular flexibility index (Phi) is 6.38. The molecule has 0 saturated heterocycles. The average Bonchev–Trinajstić information content (AvgIpc) is 2.71. The number of hydrogen-bond donors (Lipinski definition) is 3. The van der Waals surface area contributed by atoms with Gasteiger partial charge in [0.2, 0.25) is 0 Å². The van der Waals surface area contributed by atoms with Crippen molar-refractivity contribution in [2.24, 2.45) is 0 Å². The van der Waals surface area contributed by atoms with Crippen LogP contribution in [0.25, 0.3) is 21.5 Å². The molecule has 0 aromatic heterocycles. The van der Waals surface area contributed by atoms with Crippen LogP contribution in [0.15, 0.2) is 93.5 Å². The van der Waals surface area contributed by atoms with Gasteiger partial charge in [0.1, 0.15) is 9.79 Å². The van der Waals surface area contributed by atoms with Crippen LogP contribution >= 0.6 is 0 Å². The molecule has 0 amide bonds. The standard InChI is InChI=1S/C10H8O6S2.C10H8O3S/c11-17(12,13)9-5-1-3-7-8(9)4-2-6-10(7)18(14,15)16;11-14(12,13)10-6-5-8-3-1-2-4-9(8)7-10/h1-6H,(H,11,12,13)(H,14,15,16);1-7H,(H,11,12,13). The summed E-state index contributed by atoms with van der Waals surface area (Å²) >= 11 is 0. The first-order valence-electron chi connectivity index (χ1n) is 8.71. The lowest BCUT2D eigenvalue weighted by atomic mass is 10.1. The molecule has 168 valence electrons. The molecule has 0 aliphatic carbocycles. The van der Waals surface area contributed by atoms with Gasteiger partial charge in [-0.1, -0.05) is 54.6 Å². The summed E-state index contributed by atoms with van der Waals surface area (Å²) in [6.07, 6.45) is 0. The highest BCUT2D eigenvalue weighted by molar-refractivity contribution is 7.86. The van der Waals surface area contributed by atoms with E-state index in [1.165, 1.54) is 36.4 Å². The number of fused-ring (bicyclic) bond motifs is 2. The highest BCUT2D eigenvalue weighted by Gasteiger charge is 2.19. The van der Waals surface area contributed by atoms with Crippen LogP contribution in [0, 0.1) is 0 Å². The SMILES string of the molecule is O=S(=O)(O)c1ccc2ccccc2c1.O=S(=O)(O)c1cccc2c(S(=O)(=O)O)cccc12. The van der Waals surface area contributed by atoms with Gasteiger partial charge in [0.25, 0.3) is 30.4 Å². The van der Waals surface area contributed by atoms with E-state index in [4.69, 9.17) is 13.7 Å². The molecule has 0 unspecified atom stereocenters. The lowest BCUT2D eigenvalue weighted by molar-refractivity contribution is 0.481. The molecule has 3 N–H and O–H groups in total. The zero-order valence-electron chi connectivity index (χ0n) is 16.0. The second-order valence-electron chi connectivity index (χ2n) is 6.54. The van der Waals surface area contributed by atoms with Crippen LogP contribution in [-0.4, -0.2) is 38.9 Å². The van der Waals surface area contributed by atoms with Crippen molar-refractivity contribution in [2.45, 2.75) is 14.7 Å². The van der Waals surface area contributed by atoms with Gasteiger partial charge in [-0.2, -0.15) is 25.3 Å². The van der Waals surface area contributed by atoms with Crippen molar-refractivity contribution in [3.05, 3.63) is 78.9 Å². The van der Waals surface area contributed by atoms with Gasteiger partial charge in [-0.3, -0.25) is 13.7 Å². The molecule has 12 heteroatoms. The molecule has 0 bridgehead atoms. The summed E-state index contributed by atoms with van der Waals surface area (Å²) in [7, 11) is -13.0. The van der Waals surface area contributed by atoms with Crippen molar-refractivity contribution >= 4 is 51.9 Å². The average molecular weight is 497 g/mol. The monoisotopic (exact) mass is 496 g/mol. The Morgan fingerprint density at radius 3 is 1.38 bits per heavy atom. The van der Waals surface area contributed by atoms with Gasteiger partial charge >= 0.3 is 0 Å². The highest BCUT2D eigenvalue weighted by Crippen LogP contribution is 2.28. The Morgan fingerprint density at radius 1 is 0.469 bits per heavy atom. The van der Waals surface area contributed by atoms with E-state index in [-0.39, 0.29) is 15.7 Å². The first kappa shape index (κ1) is 23.8. The molecule has 0 fully saturated rings. The van der Waals surface area contributed by atoms with Crippen LogP contribution < -0.4 is 0 Å². The number of hydrogen-bond acceptors (Lipinski definition) is 6. The Morgan fingerprint density at radius 2 is 0.938 bits per heavy atom. The van der Waals surface area contributed by atoms with Crippen LogP contribution in [0.1, 0.15) is 0 Å². The lowest BCUT2D eigenvalue weighted by Crippen LogP contribution is -2.02. The third kappa shape index (κ3) is 5.30. The summed E-state index contributed by atoms with van der Waals surface area (Å²) in [4.78, 5) is -0.896.